The molecular weight excluding hydrogens is 1060 g/mol. The van der Waals surface area contributed by atoms with Crippen LogP contribution in [0.15, 0.2) is 156 Å². The van der Waals surface area contributed by atoms with Crippen molar-refractivity contribution in [1.29, 1.82) is 0 Å². The largest absolute Gasteiger partial charge is 0.486 e. The minimum Gasteiger partial charge on any atom is -0.486 e. The molecule has 1 radical (unpaired) electrons. The topological polar surface area (TPSA) is 56.7 Å². The fourth-order valence-electron chi connectivity index (χ4n) is 9.11. The molecule has 10 rings (SSSR count). The molecule has 0 atom stereocenters. The third-order valence-corrected chi connectivity index (χ3v) is 16.8. The second-order valence-corrected chi connectivity index (χ2v) is 30.5. The monoisotopic (exact) mass is 1120 g/mol. The van der Waals surface area contributed by atoms with Crippen molar-refractivity contribution in [1.82, 2.24) is 19.5 Å². The molecule has 0 bridgehead atoms. The molecule has 0 aliphatic carbocycles. The number of hydrogen-bond donors (Lipinski definition) is 0. The molecule has 7 heteroatoms. The van der Waals surface area contributed by atoms with Crippen molar-refractivity contribution in [2.24, 2.45) is 5.92 Å². The van der Waals surface area contributed by atoms with Gasteiger partial charge in [0.05, 0.1) is 28.1 Å². The Morgan fingerprint density at radius 3 is 2.13 bits per heavy atom. The molecular formula is C60H58GeIrN4O-2. The maximum Gasteiger partial charge on any atom is 0.216 e. The van der Waals surface area contributed by atoms with Crippen LogP contribution in [0.5, 0.6) is 0 Å². The fraction of sp³-hybridized carbons (Fsp3) is 0.217. The number of pyridine rings is 2. The molecule has 67 heavy (non-hydrogen) atoms. The van der Waals surface area contributed by atoms with Crippen molar-refractivity contribution in [3.63, 3.8) is 0 Å². The van der Waals surface area contributed by atoms with Crippen LogP contribution in [0.3, 0.4) is 0 Å². The van der Waals surface area contributed by atoms with Crippen molar-refractivity contribution < 1.29 is 24.5 Å². The third-order valence-electron chi connectivity index (χ3n) is 12.4. The second-order valence-electron chi connectivity index (χ2n) is 20.0. The Hall–Kier alpha value is -5.92. The number of furan rings is 1. The predicted molar refractivity (Wildman–Crippen MR) is 279 cm³/mol. The van der Waals surface area contributed by atoms with E-state index in [2.05, 4.69) is 204 Å². The number of imidazole rings is 1. The Labute approximate surface area is 412 Å². The first-order chi connectivity index (χ1) is 31.7. The molecule has 5 nitrogen and oxygen atoms in total. The molecule has 0 saturated carbocycles. The Balaban J connectivity index is 0.000000244. The quantitative estimate of drug-likeness (QED) is 0.112. The number of aryl methyl sites for hydroxylation is 2. The second kappa shape index (κ2) is 19.4. The summed E-state index contributed by atoms with van der Waals surface area (Å²) in [6.45, 7) is 15.6. The van der Waals surface area contributed by atoms with Gasteiger partial charge in [0.15, 0.2) is 0 Å². The molecule has 339 valence electrons. The van der Waals surface area contributed by atoms with E-state index in [0.29, 0.717) is 11.6 Å². The van der Waals surface area contributed by atoms with Gasteiger partial charge in [-0.05, 0) is 77.9 Å². The maximum atomic E-state index is 6.65. The van der Waals surface area contributed by atoms with Crippen LogP contribution in [-0.4, -0.2) is 32.8 Å². The molecule has 0 aliphatic rings. The maximum absolute atomic E-state index is 6.65. The summed E-state index contributed by atoms with van der Waals surface area (Å²) in [6.07, 6.45) is 3.27. The van der Waals surface area contributed by atoms with Crippen molar-refractivity contribution in [3.05, 3.63) is 186 Å². The smallest absolute Gasteiger partial charge is 0.216 e. The predicted octanol–water partition coefficient (Wildman–Crippen LogP) is 15.3. The molecule has 0 unspecified atom stereocenters. The SMILES string of the molecule is CC(C)Cc1cc(-c2[c-]cccc2)nc[c]1[Ge]([CH3])([CH3])[CH3].Cc1cccc(C)c1-c1ccc2c(n1)oc1c(-c3nc4ccccc4n3-c3ccc(C(C)(C)C)cc3-c3ccccc3)[c-]ccc12.[Ir]. The van der Waals surface area contributed by atoms with E-state index in [1.165, 1.54) is 22.3 Å². The van der Waals surface area contributed by atoms with E-state index < -0.39 is 13.3 Å². The zero-order valence-corrected chi connectivity index (χ0v) is 44.7. The molecule has 6 aromatic carbocycles. The van der Waals surface area contributed by atoms with Gasteiger partial charge in [0.1, 0.15) is 0 Å². The van der Waals surface area contributed by atoms with Crippen LogP contribution >= 0.6 is 0 Å². The molecule has 4 heterocycles. The standard InChI is InChI=1S/C42H34N3O.C18H24GeN.Ir/c1-26-13-11-14-27(2)38(26)35-23-22-31-30-17-12-18-32(39(30)46-41(31)44-35)40-43-34-19-9-10-20-37(34)45(40)36-24-21-29(42(3,4)5)25-33(36)28-15-7-6-8-16-28;1-14(2)11-16-12-18(15-9-7-6-8-10-15)20-13-17(16)19(3,4)5;/h6-17,19-25H,1-5H3;6-9,12-14H,11H2,1-5H3;/q2*-1;. The van der Waals surface area contributed by atoms with Crippen molar-refractivity contribution in [2.75, 3.05) is 0 Å². The average molecular weight is 1120 g/mol. The number of fused-ring (bicyclic) bond motifs is 4. The Morgan fingerprint density at radius 1 is 0.701 bits per heavy atom. The minimum atomic E-state index is -1.86. The summed E-state index contributed by atoms with van der Waals surface area (Å²) < 4.78 is 10.5. The zero-order valence-electron chi connectivity index (χ0n) is 40.2. The van der Waals surface area contributed by atoms with Crippen molar-refractivity contribution in [3.8, 4) is 50.7 Å². The molecule has 0 N–H and O–H groups in total. The molecule has 0 amide bonds. The summed E-state index contributed by atoms with van der Waals surface area (Å²) in [5, 5.41) is 1.97. The van der Waals surface area contributed by atoms with E-state index in [9.17, 15) is 0 Å². The van der Waals surface area contributed by atoms with E-state index in [4.69, 9.17) is 19.4 Å². The van der Waals surface area contributed by atoms with Crippen LogP contribution in [0.1, 0.15) is 56.9 Å². The van der Waals surface area contributed by atoms with Gasteiger partial charge in [-0.2, -0.15) is 0 Å². The number of para-hydroxylation sites is 2. The van der Waals surface area contributed by atoms with Gasteiger partial charge in [0.25, 0.3) is 0 Å². The first-order valence-corrected chi connectivity index (χ1v) is 30.4. The van der Waals surface area contributed by atoms with Gasteiger partial charge in [0, 0.05) is 42.3 Å². The Kier molecular flexibility index (Phi) is 13.7. The number of rotatable bonds is 8. The number of benzene rings is 6. The summed E-state index contributed by atoms with van der Waals surface area (Å²) in [5.74, 6) is 8.77. The van der Waals surface area contributed by atoms with Gasteiger partial charge >= 0.3 is 126 Å². The van der Waals surface area contributed by atoms with Gasteiger partial charge in [-0.15, -0.1) is 18.2 Å². The van der Waals surface area contributed by atoms with E-state index in [1.807, 2.05) is 30.3 Å². The third kappa shape index (κ3) is 9.76. The molecule has 10 aromatic rings. The van der Waals surface area contributed by atoms with E-state index in [0.717, 1.165) is 84.5 Å². The average Bonchev–Trinajstić information content (AvgIpc) is 3.87. The van der Waals surface area contributed by atoms with Crippen LogP contribution in [0.4, 0.5) is 0 Å². The van der Waals surface area contributed by atoms with Crippen LogP contribution in [0, 0.1) is 31.9 Å². The molecule has 4 aromatic heterocycles. The summed E-state index contributed by atoms with van der Waals surface area (Å²) in [6, 6.07) is 57.5. The van der Waals surface area contributed by atoms with E-state index >= 15 is 0 Å². The van der Waals surface area contributed by atoms with Gasteiger partial charge in [-0.1, -0.05) is 98.5 Å². The molecule has 0 aliphatic heterocycles. The van der Waals surface area contributed by atoms with Crippen LogP contribution in [0.2, 0.25) is 17.3 Å². The van der Waals surface area contributed by atoms with Crippen LogP contribution < -0.4 is 4.40 Å². The first kappa shape index (κ1) is 47.6. The van der Waals surface area contributed by atoms with Crippen LogP contribution in [-0.2, 0) is 31.9 Å². The fourth-order valence-corrected chi connectivity index (χ4v) is 12.4. The van der Waals surface area contributed by atoms with Gasteiger partial charge in [0.2, 0.25) is 5.71 Å². The van der Waals surface area contributed by atoms with Gasteiger partial charge in [-0.25, -0.2) is 4.98 Å². The van der Waals surface area contributed by atoms with Gasteiger partial charge in [-0.3, -0.25) is 4.98 Å². The molecule has 0 spiro atoms. The molecule has 0 saturated heterocycles. The summed E-state index contributed by atoms with van der Waals surface area (Å²) in [5.41, 5.74) is 16.8. The molecule has 0 fully saturated rings. The number of nitrogens with zero attached hydrogens (tertiary/aromatic N) is 4. The first-order valence-electron chi connectivity index (χ1n) is 23.1. The number of aromatic nitrogens is 4. The normalized spacial score (nSPS) is 11.8. The van der Waals surface area contributed by atoms with E-state index in [1.54, 1.807) is 4.40 Å². The van der Waals surface area contributed by atoms with Crippen molar-refractivity contribution >= 4 is 50.8 Å². The zero-order chi connectivity index (χ0) is 46.3. The van der Waals surface area contributed by atoms with E-state index in [-0.39, 0.29) is 25.5 Å². The minimum absolute atomic E-state index is 0. The Bertz CT molecular complexity index is 3340. The van der Waals surface area contributed by atoms with Crippen molar-refractivity contribution in [2.45, 2.75) is 77.6 Å². The number of hydrogen-bond acceptors (Lipinski definition) is 4. The van der Waals surface area contributed by atoms with Gasteiger partial charge < -0.3 is 8.98 Å². The summed E-state index contributed by atoms with van der Waals surface area (Å²) in [7, 11) is 0. The summed E-state index contributed by atoms with van der Waals surface area (Å²) in [4.78, 5) is 15.0. The summed E-state index contributed by atoms with van der Waals surface area (Å²) >= 11 is -1.86. The van der Waals surface area contributed by atoms with Crippen LogP contribution in [0.25, 0.3) is 83.8 Å². The Morgan fingerprint density at radius 2 is 1.43 bits per heavy atom.